The number of rotatable bonds is 3. The molecule has 2 heterocycles. The van der Waals surface area contributed by atoms with Crippen molar-refractivity contribution in [2.45, 2.75) is 26.8 Å². The molecular formula is C12H15N2S+. The molecule has 78 valence electrons. The van der Waals surface area contributed by atoms with Crippen LogP contribution in [0.1, 0.15) is 19.0 Å². The largest absolute Gasteiger partial charge is 0.241 e. The minimum atomic E-state index is 1.07. The van der Waals surface area contributed by atoms with Crippen molar-refractivity contribution in [3.05, 3.63) is 35.6 Å². The predicted octanol–water partition coefficient (Wildman–Crippen LogP) is 2.82. The molecule has 0 atom stereocenters. The van der Waals surface area contributed by atoms with Crippen LogP contribution in [-0.2, 0) is 6.54 Å². The maximum atomic E-state index is 4.49. The van der Waals surface area contributed by atoms with Gasteiger partial charge in [-0.25, -0.2) is 9.55 Å². The third-order valence-corrected chi connectivity index (χ3v) is 3.22. The molecule has 2 aromatic rings. The van der Waals surface area contributed by atoms with E-state index in [1.54, 1.807) is 11.3 Å². The summed E-state index contributed by atoms with van der Waals surface area (Å²) in [5.74, 6) is 0. The van der Waals surface area contributed by atoms with E-state index in [9.17, 15) is 0 Å². The van der Waals surface area contributed by atoms with Crippen LogP contribution in [0.5, 0.6) is 0 Å². The first-order chi connectivity index (χ1) is 7.29. The molecule has 0 unspecified atom stereocenters. The summed E-state index contributed by atoms with van der Waals surface area (Å²) in [6.45, 7) is 5.29. The highest BCUT2D eigenvalue weighted by Gasteiger charge is 2.06. The fourth-order valence-corrected chi connectivity index (χ4v) is 2.32. The Balaban J connectivity index is 2.32. The van der Waals surface area contributed by atoms with Crippen LogP contribution >= 0.6 is 11.3 Å². The van der Waals surface area contributed by atoms with Gasteiger partial charge in [0.1, 0.15) is 11.6 Å². The van der Waals surface area contributed by atoms with Crippen LogP contribution in [0, 0.1) is 6.92 Å². The predicted molar refractivity (Wildman–Crippen MR) is 62.8 cm³/mol. The van der Waals surface area contributed by atoms with Gasteiger partial charge < -0.3 is 0 Å². The Morgan fingerprint density at radius 1 is 1.47 bits per heavy atom. The average Bonchev–Trinajstić information content (AvgIpc) is 2.66. The normalized spacial score (nSPS) is 10.5. The summed E-state index contributed by atoms with van der Waals surface area (Å²) in [6.07, 6.45) is 5.43. The molecule has 3 heteroatoms. The molecule has 0 amide bonds. The van der Waals surface area contributed by atoms with Crippen molar-refractivity contribution in [1.82, 2.24) is 4.98 Å². The lowest BCUT2D eigenvalue weighted by Crippen LogP contribution is -2.32. The Kier molecular flexibility index (Phi) is 3.11. The van der Waals surface area contributed by atoms with E-state index in [-0.39, 0.29) is 0 Å². The van der Waals surface area contributed by atoms with Crippen LogP contribution in [0.3, 0.4) is 0 Å². The van der Waals surface area contributed by atoms with Crippen LogP contribution in [0.4, 0.5) is 0 Å². The fraction of sp³-hybridized carbons (Fsp3) is 0.333. The molecule has 15 heavy (non-hydrogen) atoms. The molecule has 0 bridgehead atoms. The standard InChI is InChI=1S/C12H15N2S/c1-3-6-14-7-4-5-11(8-14)12-13-10(2)9-15-12/h4-5,7-9H,3,6H2,1-2H3/q+1. The molecule has 0 aliphatic rings. The highest BCUT2D eigenvalue weighted by Crippen LogP contribution is 2.21. The number of hydrogen-bond acceptors (Lipinski definition) is 2. The van der Waals surface area contributed by atoms with Crippen molar-refractivity contribution in [2.75, 3.05) is 0 Å². The van der Waals surface area contributed by atoms with Gasteiger partial charge in [0.25, 0.3) is 0 Å². The molecule has 0 aliphatic carbocycles. The minimum Gasteiger partial charge on any atom is -0.241 e. The maximum Gasteiger partial charge on any atom is 0.179 e. The summed E-state index contributed by atoms with van der Waals surface area (Å²) in [5, 5.41) is 3.20. The number of aryl methyl sites for hydroxylation is 2. The number of thiazole rings is 1. The van der Waals surface area contributed by atoms with Crippen molar-refractivity contribution in [3.63, 3.8) is 0 Å². The summed E-state index contributed by atoms with van der Waals surface area (Å²) >= 11 is 1.70. The second-order valence-corrected chi connectivity index (χ2v) is 4.48. The first-order valence-corrected chi connectivity index (χ1v) is 6.09. The van der Waals surface area contributed by atoms with E-state index in [4.69, 9.17) is 0 Å². The van der Waals surface area contributed by atoms with Gasteiger partial charge in [-0.3, -0.25) is 0 Å². The Labute approximate surface area is 94.2 Å². The van der Waals surface area contributed by atoms with Gasteiger partial charge in [-0.15, -0.1) is 11.3 Å². The molecule has 0 spiro atoms. The van der Waals surface area contributed by atoms with Crippen LogP contribution in [0.25, 0.3) is 10.6 Å². The smallest absolute Gasteiger partial charge is 0.179 e. The fourth-order valence-electron chi connectivity index (χ4n) is 1.53. The van der Waals surface area contributed by atoms with Crippen LogP contribution in [0.15, 0.2) is 29.9 Å². The lowest BCUT2D eigenvalue weighted by Gasteiger charge is -1.96. The molecule has 0 saturated heterocycles. The summed E-state index contributed by atoms with van der Waals surface area (Å²) in [5.41, 5.74) is 2.31. The third-order valence-electron chi connectivity index (χ3n) is 2.21. The molecule has 0 aromatic carbocycles. The van der Waals surface area contributed by atoms with Crippen molar-refractivity contribution in [2.24, 2.45) is 0 Å². The zero-order chi connectivity index (χ0) is 10.7. The molecule has 0 saturated carbocycles. The van der Waals surface area contributed by atoms with Crippen molar-refractivity contribution >= 4 is 11.3 Å². The van der Waals surface area contributed by atoms with E-state index in [1.165, 1.54) is 5.56 Å². The van der Waals surface area contributed by atoms with Gasteiger partial charge in [0.2, 0.25) is 0 Å². The van der Waals surface area contributed by atoms with Gasteiger partial charge in [0.15, 0.2) is 12.4 Å². The lowest BCUT2D eigenvalue weighted by molar-refractivity contribution is -0.696. The monoisotopic (exact) mass is 219 g/mol. The van der Waals surface area contributed by atoms with E-state index in [0.29, 0.717) is 0 Å². The Morgan fingerprint density at radius 3 is 3.00 bits per heavy atom. The van der Waals surface area contributed by atoms with Gasteiger partial charge in [0, 0.05) is 23.6 Å². The number of pyridine rings is 1. The molecule has 0 N–H and O–H groups in total. The molecular weight excluding hydrogens is 204 g/mol. The van der Waals surface area contributed by atoms with E-state index in [2.05, 4.69) is 46.4 Å². The second kappa shape index (κ2) is 4.53. The lowest BCUT2D eigenvalue weighted by atomic mass is 10.3. The number of hydrogen-bond donors (Lipinski definition) is 0. The van der Waals surface area contributed by atoms with Crippen LogP contribution < -0.4 is 4.57 Å². The van der Waals surface area contributed by atoms with Gasteiger partial charge >= 0.3 is 0 Å². The second-order valence-electron chi connectivity index (χ2n) is 3.62. The van der Waals surface area contributed by atoms with Gasteiger partial charge in [-0.1, -0.05) is 6.92 Å². The van der Waals surface area contributed by atoms with Gasteiger partial charge in [-0.2, -0.15) is 0 Å². The van der Waals surface area contributed by atoms with E-state index >= 15 is 0 Å². The van der Waals surface area contributed by atoms with E-state index < -0.39 is 0 Å². The van der Waals surface area contributed by atoms with Gasteiger partial charge in [-0.05, 0) is 13.0 Å². The topological polar surface area (TPSA) is 16.8 Å². The first kappa shape index (κ1) is 10.3. The maximum absolute atomic E-state index is 4.49. The SMILES string of the molecule is CCC[n+]1cccc(-c2nc(C)cs2)c1. The van der Waals surface area contributed by atoms with Crippen molar-refractivity contribution < 1.29 is 4.57 Å². The molecule has 2 nitrogen and oxygen atoms in total. The molecule has 0 radical (unpaired) electrons. The number of aromatic nitrogens is 2. The third kappa shape index (κ3) is 2.42. The summed E-state index contributed by atoms with van der Waals surface area (Å²) < 4.78 is 2.21. The number of nitrogens with zero attached hydrogens (tertiary/aromatic N) is 2. The quantitative estimate of drug-likeness (QED) is 0.725. The van der Waals surface area contributed by atoms with Crippen LogP contribution in [-0.4, -0.2) is 4.98 Å². The summed E-state index contributed by atoms with van der Waals surface area (Å²) in [4.78, 5) is 4.49. The zero-order valence-electron chi connectivity index (χ0n) is 9.10. The van der Waals surface area contributed by atoms with Gasteiger partial charge in [0.05, 0.1) is 5.56 Å². The Bertz CT molecular complexity index is 448. The Morgan fingerprint density at radius 2 is 2.33 bits per heavy atom. The first-order valence-electron chi connectivity index (χ1n) is 5.21. The van der Waals surface area contributed by atoms with Crippen LogP contribution in [0.2, 0.25) is 0 Å². The molecule has 0 fully saturated rings. The minimum absolute atomic E-state index is 1.07. The Hall–Kier alpha value is -1.22. The van der Waals surface area contributed by atoms with E-state index in [0.717, 1.165) is 23.7 Å². The average molecular weight is 219 g/mol. The highest BCUT2D eigenvalue weighted by molar-refractivity contribution is 7.13. The zero-order valence-corrected chi connectivity index (χ0v) is 9.92. The molecule has 2 aromatic heterocycles. The highest BCUT2D eigenvalue weighted by atomic mass is 32.1. The van der Waals surface area contributed by atoms with Crippen molar-refractivity contribution in [1.29, 1.82) is 0 Å². The molecule has 2 rings (SSSR count). The summed E-state index contributed by atoms with van der Waals surface area (Å²) in [6, 6.07) is 4.20. The summed E-state index contributed by atoms with van der Waals surface area (Å²) in [7, 11) is 0. The van der Waals surface area contributed by atoms with E-state index in [1.807, 2.05) is 6.92 Å². The van der Waals surface area contributed by atoms with Crippen molar-refractivity contribution in [3.8, 4) is 10.6 Å². The molecule has 0 aliphatic heterocycles.